The lowest BCUT2D eigenvalue weighted by atomic mass is 9.75. The van der Waals surface area contributed by atoms with Gasteiger partial charge in [-0.1, -0.05) is 48.0 Å². The number of hydrogen-bond donors (Lipinski definition) is 4. The molecule has 0 amide bonds. The number of hydrogen-bond acceptors (Lipinski definition) is 5. The highest BCUT2D eigenvalue weighted by molar-refractivity contribution is 6.31. The van der Waals surface area contributed by atoms with Gasteiger partial charge in [-0.25, -0.2) is 9.82 Å². The summed E-state index contributed by atoms with van der Waals surface area (Å²) >= 11 is 6.07. The van der Waals surface area contributed by atoms with Crippen LogP contribution < -0.4 is 10.4 Å². The molecule has 0 saturated heterocycles. The highest BCUT2D eigenvalue weighted by Gasteiger charge is 2.45. The summed E-state index contributed by atoms with van der Waals surface area (Å²) in [6, 6.07) is 24.9. The van der Waals surface area contributed by atoms with Crippen LogP contribution in [0.2, 0.25) is 5.02 Å². The molecule has 0 unspecified atom stereocenters. The summed E-state index contributed by atoms with van der Waals surface area (Å²) in [6.45, 7) is 0. The fourth-order valence-electron chi connectivity index (χ4n) is 4.23. The second-order valence-electron chi connectivity index (χ2n) is 8.01. The Morgan fingerprint density at radius 1 is 0.706 bits per heavy atom. The first-order valence-corrected chi connectivity index (χ1v) is 10.9. The summed E-state index contributed by atoms with van der Waals surface area (Å²) in [5.41, 5.74) is 6.46. The van der Waals surface area contributed by atoms with Crippen LogP contribution >= 0.6 is 11.6 Å². The highest BCUT2D eigenvalue weighted by atomic mass is 35.5. The van der Waals surface area contributed by atoms with Gasteiger partial charge in [-0.2, -0.15) is 0 Å². The number of phenolic OH excluding ortho intramolecular Hbond substituents is 3. The zero-order valence-electron chi connectivity index (χ0n) is 17.8. The highest BCUT2D eigenvalue weighted by Crippen LogP contribution is 2.47. The van der Waals surface area contributed by atoms with E-state index in [0.29, 0.717) is 5.69 Å². The third-order valence-electron chi connectivity index (χ3n) is 5.91. The molecule has 1 heterocycles. The van der Waals surface area contributed by atoms with Crippen LogP contribution in [0, 0.1) is 5.82 Å². The standard InChI is InChI=1S/C27H20ClFN2O3/c28-25-15-20(7-14-26(25)29)31-16-24(17-1-8-21(32)9-2-17)27(30-31,18-3-10-22(33)11-4-18)19-5-12-23(34)13-6-19/h1-16,30,32-34H. The summed E-state index contributed by atoms with van der Waals surface area (Å²) in [5.74, 6) is -0.132. The van der Waals surface area contributed by atoms with Crippen molar-refractivity contribution < 1.29 is 19.7 Å². The number of benzene rings is 4. The zero-order chi connectivity index (χ0) is 23.9. The van der Waals surface area contributed by atoms with Crippen LogP contribution in [0.5, 0.6) is 17.2 Å². The fourth-order valence-corrected chi connectivity index (χ4v) is 4.41. The minimum Gasteiger partial charge on any atom is -0.508 e. The molecule has 0 atom stereocenters. The maximum absolute atomic E-state index is 13.9. The molecule has 34 heavy (non-hydrogen) atoms. The molecule has 4 aromatic rings. The van der Waals surface area contributed by atoms with Crippen molar-refractivity contribution >= 4 is 22.9 Å². The second-order valence-corrected chi connectivity index (χ2v) is 8.42. The molecule has 0 spiro atoms. The predicted octanol–water partition coefficient (Wildman–Crippen LogP) is 5.91. The average molecular weight is 475 g/mol. The minimum absolute atomic E-state index is 0.00866. The van der Waals surface area contributed by atoms with Crippen molar-refractivity contribution in [3.05, 3.63) is 125 Å². The molecule has 5 nitrogen and oxygen atoms in total. The molecule has 4 aromatic carbocycles. The largest absolute Gasteiger partial charge is 0.508 e. The molecular weight excluding hydrogens is 455 g/mol. The molecule has 0 fully saturated rings. The van der Waals surface area contributed by atoms with Crippen molar-refractivity contribution in [2.24, 2.45) is 0 Å². The molecule has 1 aliphatic rings. The third kappa shape index (κ3) is 3.73. The topological polar surface area (TPSA) is 76.0 Å². The lowest BCUT2D eigenvalue weighted by Gasteiger charge is -2.36. The van der Waals surface area contributed by atoms with Crippen molar-refractivity contribution in [3.8, 4) is 17.2 Å². The number of hydrazine groups is 1. The molecule has 7 heteroatoms. The van der Waals surface area contributed by atoms with E-state index in [1.807, 2.05) is 30.5 Å². The summed E-state index contributed by atoms with van der Waals surface area (Å²) in [7, 11) is 0. The van der Waals surface area contributed by atoms with Crippen LogP contribution in [0.1, 0.15) is 16.7 Å². The van der Waals surface area contributed by atoms with E-state index in [-0.39, 0.29) is 22.3 Å². The van der Waals surface area contributed by atoms with E-state index in [9.17, 15) is 19.7 Å². The summed E-state index contributed by atoms with van der Waals surface area (Å²) in [6.07, 6.45) is 1.88. The monoisotopic (exact) mass is 474 g/mol. The molecular formula is C27H20ClFN2O3. The van der Waals surface area contributed by atoms with Gasteiger partial charge in [-0.05, 0) is 71.3 Å². The van der Waals surface area contributed by atoms with Crippen LogP contribution in [-0.4, -0.2) is 15.3 Å². The van der Waals surface area contributed by atoms with Gasteiger partial charge in [0.25, 0.3) is 0 Å². The molecule has 0 saturated carbocycles. The quantitative estimate of drug-likeness (QED) is 0.296. The van der Waals surface area contributed by atoms with Gasteiger partial charge < -0.3 is 15.3 Å². The Morgan fingerprint density at radius 3 is 1.71 bits per heavy atom. The second kappa shape index (κ2) is 8.41. The lowest BCUT2D eigenvalue weighted by molar-refractivity contribution is 0.471. The maximum Gasteiger partial charge on any atom is 0.141 e. The molecule has 0 radical (unpaired) electrons. The van der Waals surface area contributed by atoms with Crippen LogP contribution in [0.3, 0.4) is 0 Å². The van der Waals surface area contributed by atoms with Gasteiger partial charge in [0.2, 0.25) is 0 Å². The molecule has 170 valence electrons. The van der Waals surface area contributed by atoms with Gasteiger partial charge >= 0.3 is 0 Å². The first-order chi connectivity index (χ1) is 16.4. The van der Waals surface area contributed by atoms with Gasteiger partial charge in [-0.3, -0.25) is 5.01 Å². The zero-order valence-corrected chi connectivity index (χ0v) is 18.5. The summed E-state index contributed by atoms with van der Waals surface area (Å²) < 4.78 is 13.9. The minimum atomic E-state index is -0.959. The van der Waals surface area contributed by atoms with Gasteiger partial charge in [0.15, 0.2) is 0 Å². The molecule has 0 aromatic heterocycles. The van der Waals surface area contributed by atoms with Crippen molar-refractivity contribution in [1.29, 1.82) is 0 Å². The smallest absolute Gasteiger partial charge is 0.141 e. The maximum atomic E-state index is 13.9. The van der Waals surface area contributed by atoms with Crippen molar-refractivity contribution in [3.63, 3.8) is 0 Å². The number of rotatable bonds is 4. The fraction of sp³-hybridized carbons (Fsp3) is 0.0370. The summed E-state index contributed by atoms with van der Waals surface area (Å²) in [5, 5.41) is 31.5. The first kappa shape index (κ1) is 21.8. The normalized spacial score (nSPS) is 14.8. The molecule has 1 aliphatic heterocycles. The van der Waals surface area contributed by atoms with Crippen molar-refractivity contribution in [1.82, 2.24) is 5.43 Å². The number of aromatic hydroxyl groups is 3. The van der Waals surface area contributed by atoms with E-state index in [1.54, 1.807) is 59.6 Å². The van der Waals surface area contributed by atoms with E-state index < -0.39 is 11.4 Å². The van der Waals surface area contributed by atoms with E-state index in [2.05, 4.69) is 5.43 Å². The van der Waals surface area contributed by atoms with Gasteiger partial charge in [0.1, 0.15) is 28.6 Å². The molecule has 4 N–H and O–H groups in total. The Hall–Kier alpha value is -4.00. The van der Waals surface area contributed by atoms with E-state index in [1.165, 1.54) is 12.1 Å². The number of nitrogens with zero attached hydrogens (tertiary/aromatic N) is 1. The molecule has 5 rings (SSSR count). The lowest BCUT2D eigenvalue weighted by Crippen LogP contribution is -2.46. The van der Waals surface area contributed by atoms with Gasteiger partial charge in [0.05, 0.1) is 10.7 Å². The summed E-state index contributed by atoms with van der Waals surface area (Å²) in [4.78, 5) is 0. The van der Waals surface area contributed by atoms with Crippen LogP contribution in [0.4, 0.5) is 10.1 Å². The Kier molecular flexibility index (Phi) is 5.40. The first-order valence-electron chi connectivity index (χ1n) is 10.5. The Labute approximate surface area is 200 Å². The number of nitrogens with one attached hydrogen (secondary N) is 1. The molecule has 0 aliphatic carbocycles. The van der Waals surface area contributed by atoms with Crippen molar-refractivity contribution in [2.75, 3.05) is 5.01 Å². The SMILES string of the molecule is Oc1ccc(C2=CN(c3ccc(F)c(Cl)c3)NC2(c2ccc(O)cc2)c2ccc(O)cc2)cc1. The Balaban J connectivity index is 1.77. The van der Waals surface area contributed by atoms with Crippen LogP contribution in [0.25, 0.3) is 5.57 Å². The van der Waals surface area contributed by atoms with Crippen molar-refractivity contribution in [2.45, 2.75) is 5.54 Å². The Bertz CT molecular complexity index is 1330. The van der Waals surface area contributed by atoms with Gasteiger partial charge in [0, 0.05) is 11.8 Å². The van der Waals surface area contributed by atoms with Crippen LogP contribution in [-0.2, 0) is 5.54 Å². The average Bonchev–Trinajstić information content (AvgIpc) is 3.24. The Morgan fingerprint density at radius 2 is 1.21 bits per heavy atom. The molecule has 0 bridgehead atoms. The predicted molar refractivity (Wildman–Crippen MR) is 130 cm³/mol. The van der Waals surface area contributed by atoms with E-state index in [0.717, 1.165) is 22.3 Å². The number of halogens is 2. The van der Waals surface area contributed by atoms with Gasteiger partial charge in [-0.15, -0.1) is 0 Å². The van der Waals surface area contributed by atoms with E-state index >= 15 is 0 Å². The van der Waals surface area contributed by atoms with Crippen LogP contribution in [0.15, 0.2) is 97.2 Å². The number of anilines is 1. The number of phenols is 3. The van der Waals surface area contributed by atoms with E-state index in [4.69, 9.17) is 11.6 Å². The third-order valence-corrected chi connectivity index (χ3v) is 6.20.